The summed E-state index contributed by atoms with van der Waals surface area (Å²) in [4.78, 5) is 12.1. The van der Waals surface area contributed by atoms with Crippen molar-refractivity contribution in [1.82, 2.24) is 4.72 Å². The van der Waals surface area contributed by atoms with Crippen molar-refractivity contribution in [3.63, 3.8) is 0 Å². The number of rotatable bonds is 9. The van der Waals surface area contributed by atoms with Gasteiger partial charge in [-0.1, -0.05) is 26.0 Å². The molecule has 2 rings (SSSR count). The molecule has 0 radical (unpaired) electrons. The Labute approximate surface area is 165 Å². The Morgan fingerprint density at radius 1 is 1.11 bits per heavy atom. The summed E-state index contributed by atoms with van der Waals surface area (Å²) >= 11 is 0. The fourth-order valence-electron chi connectivity index (χ4n) is 2.22. The van der Waals surface area contributed by atoms with Gasteiger partial charge in [-0.15, -0.1) is 0 Å². The maximum atomic E-state index is 12.1. The van der Waals surface area contributed by atoms with E-state index in [-0.39, 0.29) is 23.3 Å². The van der Waals surface area contributed by atoms with Crippen LogP contribution in [0.25, 0.3) is 0 Å². The van der Waals surface area contributed by atoms with Gasteiger partial charge in [0, 0.05) is 12.2 Å². The highest BCUT2D eigenvalue weighted by molar-refractivity contribution is 7.89. The van der Waals surface area contributed by atoms with Crippen molar-refractivity contribution in [2.24, 2.45) is 5.92 Å². The van der Waals surface area contributed by atoms with Crippen LogP contribution >= 0.6 is 0 Å². The van der Waals surface area contributed by atoms with Crippen molar-refractivity contribution in [3.8, 4) is 11.8 Å². The molecule has 2 aromatic rings. The highest BCUT2D eigenvalue weighted by Gasteiger charge is 2.14. The highest BCUT2D eigenvalue weighted by atomic mass is 32.2. The van der Waals surface area contributed by atoms with Gasteiger partial charge >= 0.3 is 0 Å². The lowest BCUT2D eigenvalue weighted by Crippen LogP contribution is -2.27. The number of benzene rings is 2. The molecule has 0 saturated carbocycles. The van der Waals surface area contributed by atoms with E-state index < -0.39 is 10.0 Å². The van der Waals surface area contributed by atoms with Crippen LogP contribution in [0.3, 0.4) is 0 Å². The second-order valence-corrected chi connectivity index (χ2v) is 8.35. The van der Waals surface area contributed by atoms with Gasteiger partial charge in [0.2, 0.25) is 10.0 Å². The van der Waals surface area contributed by atoms with Crippen LogP contribution in [-0.4, -0.2) is 27.5 Å². The normalized spacial score (nSPS) is 11.1. The number of hydrogen-bond acceptors (Lipinski definition) is 5. The zero-order valence-electron chi connectivity index (χ0n) is 15.8. The lowest BCUT2D eigenvalue weighted by molar-refractivity contribution is -0.118. The largest absolute Gasteiger partial charge is 0.484 e. The Morgan fingerprint density at radius 3 is 2.32 bits per heavy atom. The quantitative estimate of drug-likeness (QED) is 0.672. The zero-order chi connectivity index (χ0) is 20.6. The number of nitriles is 1. The van der Waals surface area contributed by atoms with E-state index in [4.69, 9.17) is 10.00 Å². The van der Waals surface area contributed by atoms with E-state index in [9.17, 15) is 13.2 Å². The Kier molecular flexibility index (Phi) is 7.55. The molecule has 1 amide bonds. The molecular formula is C20H23N3O4S. The molecule has 0 aliphatic heterocycles. The fraction of sp³-hybridized carbons (Fsp3) is 0.300. The van der Waals surface area contributed by atoms with E-state index >= 15 is 0 Å². The molecule has 148 valence electrons. The molecule has 0 aromatic heterocycles. The van der Waals surface area contributed by atoms with Gasteiger partial charge in [-0.3, -0.25) is 4.79 Å². The monoisotopic (exact) mass is 401 g/mol. The molecule has 0 heterocycles. The molecule has 0 fully saturated rings. The second-order valence-electron chi connectivity index (χ2n) is 6.59. The van der Waals surface area contributed by atoms with Gasteiger partial charge in [0.1, 0.15) is 5.75 Å². The minimum absolute atomic E-state index is 0.141. The predicted octanol–water partition coefficient (Wildman–Crippen LogP) is 2.70. The first-order chi connectivity index (χ1) is 13.3. The molecule has 0 aliphatic carbocycles. The molecule has 7 nitrogen and oxygen atoms in total. The van der Waals surface area contributed by atoms with Crippen LogP contribution in [0.4, 0.5) is 5.69 Å². The first-order valence-electron chi connectivity index (χ1n) is 8.78. The average molecular weight is 401 g/mol. The molecule has 0 atom stereocenters. The fourth-order valence-corrected chi connectivity index (χ4v) is 3.43. The maximum absolute atomic E-state index is 12.1. The standard InChI is InChI=1S/C20H23N3O4S/c1-15(2)13-22-28(25,26)19-9-7-18(8-10-19)27-14-20(24)23-17-5-3-16(4-6-17)11-12-21/h3-10,15,22H,11,13-14H2,1-2H3,(H,23,24). The third-order valence-electron chi connectivity index (χ3n) is 3.71. The predicted molar refractivity (Wildman–Crippen MR) is 106 cm³/mol. The molecule has 2 N–H and O–H groups in total. The van der Waals surface area contributed by atoms with Crippen LogP contribution in [0.2, 0.25) is 0 Å². The smallest absolute Gasteiger partial charge is 0.262 e. The van der Waals surface area contributed by atoms with E-state index in [0.717, 1.165) is 5.56 Å². The van der Waals surface area contributed by atoms with Crippen LogP contribution in [0.1, 0.15) is 19.4 Å². The number of hydrogen-bond donors (Lipinski definition) is 2. The van der Waals surface area contributed by atoms with E-state index in [1.807, 2.05) is 13.8 Å². The van der Waals surface area contributed by atoms with E-state index in [0.29, 0.717) is 24.4 Å². The summed E-state index contributed by atoms with van der Waals surface area (Å²) in [6.45, 7) is 3.99. The van der Waals surface area contributed by atoms with Crippen molar-refractivity contribution >= 4 is 21.6 Å². The lowest BCUT2D eigenvalue weighted by Gasteiger charge is -2.10. The van der Waals surface area contributed by atoms with Crippen LogP contribution in [0, 0.1) is 17.2 Å². The molecule has 0 aliphatic rings. The Hall–Kier alpha value is -2.89. The minimum atomic E-state index is -3.56. The molecule has 0 saturated heterocycles. The number of nitrogens with zero attached hydrogens (tertiary/aromatic N) is 1. The average Bonchev–Trinajstić information content (AvgIpc) is 2.67. The van der Waals surface area contributed by atoms with Gasteiger partial charge in [0.25, 0.3) is 5.91 Å². The van der Waals surface area contributed by atoms with E-state index in [2.05, 4.69) is 16.1 Å². The van der Waals surface area contributed by atoms with Crippen LogP contribution < -0.4 is 14.8 Å². The summed E-state index contributed by atoms with van der Waals surface area (Å²) in [7, 11) is -3.56. The minimum Gasteiger partial charge on any atom is -0.484 e. The number of nitrogens with one attached hydrogen (secondary N) is 2. The molecular weight excluding hydrogens is 378 g/mol. The number of carbonyl (C=O) groups excluding carboxylic acids is 1. The number of sulfonamides is 1. The van der Waals surface area contributed by atoms with E-state index in [1.54, 1.807) is 24.3 Å². The van der Waals surface area contributed by atoms with Gasteiger partial charge in [-0.2, -0.15) is 5.26 Å². The molecule has 28 heavy (non-hydrogen) atoms. The van der Waals surface area contributed by atoms with Crippen LogP contribution in [-0.2, 0) is 21.2 Å². The number of amides is 1. The molecule has 0 bridgehead atoms. The SMILES string of the molecule is CC(C)CNS(=O)(=O)c1ccc(OCC(=O)Nc2ccc(CC#N)cc2)cc1. The molecule has 2 aromatic carbocycles. The summed E-state index contributed by atoms with van der Waals surface area (Å²) in [6.07, 6.45) is 0.316. The van der Waals surface area contributed by atoms with Crippen LogP contribution in [0.5, 0.6) is 5.75 Å². The first kappa shape index (κ1) is 21.4. The van der Waals surface area contributed by atoms with Gasteiger partial charge in [-0.05, 0) is 47.9 Å². The van der Waals surface area contributed by atoms with Crippen molar-refractivity contribution in [2.75, 3.05) is 18.5 Å². The Morgan fingerprint density at radius 2 is 1.75 bits per heavy atom. The van der Waals surface area contributed by atoms with Crippen molar-refractivity contribution < 1.29 is 17.9 Å². The topological polar surface area (TPSA) is 108 Å². The number of anilines is 1. The van der Waals surface area contributed by atoms with Crippen molar-refractivity contribution in [2.45, 2.75) is 25.2 Å². The maximum Gasteiger partial charge on any atom is 0.262 e. The van der Waals surface area contributed by atoms with Crippen molar-refractivity contribution in [1.29, 1.82) is 5.26 Å². The summed E-state index contributed by atoms with van der Waals surface area (Å²) in [6, 6.07) is 14.9. The summed E-state index contributed by atoms with van der Waals surface area (Å²) in [5.41, 5.74) is 1.47. The molecule has 8 heteroatoms. The Balaban J connectivity index is 1.87. The summed E-state index contributed by atoms with van der Waals surface area (Å²) in [5, 5.41) is 11.3. The number of carbonyl (C=O) groups is 1. The third-order valence-corrected chi connectivity index (χ3v) is 5.15. The Bertz CT molecular complexity index is 931. The van der Waals surface area contributed by atoms with E-state index in [1.165, 1.54) is 24.3 Å². The van der Waals surface area contributed by atoms with Crippen LogP contribution in [0.15, 0.2) is 53.4 Å². The molecule has 0 unspecified atom stereocenters. The number of ether oxygens (including phenoxy) is 1. The summed E-state index contributed by atoms with van der Waals surface area (Å²) in [5.74, 6) is 0.254. The summed E-state index contributed by atoms with van der Waals surface area (Å²) < 4.78 is 32.2. The third kappa shape index (κ3) is 6.68. The molecule has 0 spiro atoms. The second kappa shape index (κ2) is 9.88. The van der Waals surface area contributed by atoms with Crippen molar-refractivity contribution in [3.05, 3.63) is 54.1 Å². The van der Waals surface area contributed by atoms with Gasteiger partial charge in [-0.25, -0.2) is 13.1 Å². The van der Waals surface area contributed by atoms with Gasteiger partial charge in [0.05, 0.1) is 17.4 Å². The lowest BCUT2D eigenvalue weighted by atomic mass is 10.1. The zero-order valence-corrected chi connectivity index (χ0v) is 16.6. The first-order valence-corrected chi connectivity index (χ1v) is 10.3. The highest BCUT2D eigenvalue weighted by Crippen LogP contribution is 2.16. The van der Waals surface area contributed by atoms with Gasteiger partial charge < -0.3 is 10.1 Å². The van der Waals surface area contributed by atoms with Gasteiger partial charge in [0.15, 0.2) is 6.61 Å².